The molecule has 0 atom stereocenters. The van der Waals surface area contributed by atoms with Gasteiger partial charge in [-0.15, -0.1) is 0 Å². The molecule has 1 aromatic rings. The molecular formula is C9H15N3O2. The third-order valence-corrected chi connectivity index (χ3v) is 2.28. The number of nitrogens with zero attached hydrogens (tertiary/aromatic N) is 3. The molecule has 14 heavy (non-hydrogen) atoms. The minimum Gasteiger partial charge on any atom is -0.274 e. The van der Waals surface area contributed by atoms with Crippen molar-refractivity contribution in [3.8, 4) is 0 Å². The quantitative estimate of drug-likeness (QED) is 0.655. The van der Waals surface area contributed by atoms with Crippen LogP contribution >= 0.6 is 0 Å². The lowest BCUT2D eigenvalue weighted by atomic mass is 10.2. The molecule has 0 aliphatic carbocycles. The first-order chi connectivity index (χ1) is 6.49. The van der Waals surface area contributed by atoms with Crippen LogP contribution in [0, 0.1) is 13.8 Å². The van der Waals surface area contributed by atoms with Crippen LogP contribution in [0.1, 0.15) is 21.7 Å². The largest absolute Gasteiger partial charge is 0.280 e. The number of carbonyl (C=O) groups is 1. The topological polar surface area (TPSA) is 47.4 Å². The monoisotopic (exact) mass is 197 g/mol. The fraction of sp³-hybridized carbons (Fsp3) is 0.556. The van der Waals surface area contributed by atoms with Crippen LogP contribution in [-0.2, 0) is 11.9 Å². The van der Waals surface area contributed by atoms with Gasteiger partial charge in [0.1, 0.15) is 0 Å². The molecule has 0 aliphatic heterocycles. The molecule has 1 heterocycles. The molecule has 5 nitrogen and oxygen atoms in total. The van der Waals surface area contributed by atoms with Gasteiger partial charge < -0.3 is 0 Å². The smallest absolute Gasteiger partial charge is 0.274 e. The lowest BCUT2D eigenvalue weighted by Gasteiger charge is -2.13. The maximum atomic E-state index is 11.8. The first kappa shape index (κ1) is 10.7. The number of amides is 1. The molecular weight excluding hydrogens is 182 g/mol. The van der Waals surface area contributed by atoms with E-state index in [1.165, 1.54) is 12.2 Å². The molecule has 0 saturated heterocycles. The van der Waals surface area contributed by atoms with Crippen molar-refractivity contribution in [3.63, 3.8) is 0 Å². The zero-order valence-electron chi connectivity index (χ0n) is 9.16. The summed E-state index contributed by atoms with van der Waals surface area (Å²) in [4.78, 5) is 16.6. The van der Waals surface area contributed by atoms with Gasteiger partial charge in [-0.3, -0.25) is 14.3 Å². The number of hydrogen-bond donors (Lipinski definition) is 0. The summed E-state index contributed by atoms with van der Waals surface area (Å²) in [5, 5.41) is 5.35. The van der Waals surface area contributed by atoms with E-state index in [2.05, 4.69) is 5.10 Å². The van der Waals surface area contributed by atoms with Gasteiger partial charge in [0, 0.05) is 19.8 Å². The van der Waals surface area contributed by atoms with E-state index in [9.17, 15) is 4.79 Å². The van der Waals surface area contributed by atoms with Crippen LogP contribution in [0.25, 0.3) is 0 Å². The van der Waals surface area contributed by atoms with Crippen LogP contribution in [0.3, 0.4) is 0 Å². The van der Waals surface area contributed by atoms with Crippen molar-refractivity contribution in [3.05, 3.63) is 17.0 Å². The van der Waals surface area contributed by atoms with E-state index in [0.29, 0.717) is 5.56 Å². The maximum Gasteiger partial charge on any atom is 0.280 e. The van der Waals surface area contributed by atoms with Gasteiger partial charge in [-0.05, 0) is 13.8 Å². The minimum atomic E-state index is -0.171. The molecule has 0 radical (unpaired) electrons. The van der Waals surface area contributed by atoms with Crippen LogP contribution in [0.5, 0.6) is 0 Å². The van der Waals surface area contributed by atoms with Crippen LogP contribution in [-0.4, -0.2) is 34.9 Å². The lowest BCUT2D eigenvalue weighted by molar-refractivity contribution is -0.0757. The highest BCUT2D eigenvalue weighted by atomic mass is 16.7. The standard InChI is InChI=1S/C9H15N3O2/c1-6-8(7(2)11(3)10-6)9(13)12(4)14-5/h1-5H3. The fourth-order valence-corrected chi connectivity index (χ4v) is 1.32. The van der Waals surface area contributed by atoms with Crippen molar-refractivity contribution in [2.75, 3.05) is 14.2 Å². The summed E-state index contributed by atoms with van der Waals surface area (Å²) in [7, 11) is 4.85. The molecule has 1 aromatic heterocycles. The molecule has 0 spiro atoms. The van der Waals surface area contributed by atoms with E-state index in [-0.39, 0.29) is 5.91 Å². The van der Waals surface area contributed by atoms with E-state index in [4.69, 9.17) is 4.84 Å². The van der Waals surface area contributed by atoms with Crippen LogP contribution in [0.4, 0.5) is 0 Å². The highest BCUT2D eigenvalue weighted by Crippen LogP contribution is 2.13. The second-order valence-corrected chi connectivity index (χ2v) is 3.15. The average Bonchev–Trinajstić information content (AvgIpc) is 2.39. The van der Waals surface area contributed by atoms with Gasteiger partial charge in [-0.2, -0.15) is 5.10 Å². The van der Waals surface area contributed by atoms with E-state index in [1.54, 1.807) is 11.7 Å². The number of hydrogen-bond acceptors (Lipinski definition) is 3. The predicted molar refractivity (Wildman–Crippen MR) is 51.8 cm³/mol. The highest BCUT2D eigenvalue weighted by Gasteiger charge is 2.20. The summed E-state index contributed by atoms with van der Waals surface area (Å²) in [6, 6.07) is 0. The summed E-state index contributed by atoms with van der Waals surface area (Å²) < 4.78 is 1.69. The first-order valence-electron chi connectivity index (χ1n) is 4.31. The summed E-state index contributed by atoms with van der Waals surface area (Å²) in [5.74, 6) is -0.171. The van der Waals surface area contributed by atoms with Gasteiger partial charge in [0.05, 0.1) is 18.4 Å². The Morgan fingerprint density at radius 3 is 2.43 bits per heavy atom. The van der Waals surface area contributed by atoms with E-state index < -0.39 is 0 Å². The second kappa shape index (κ2) is 3.79. The van der Waals surface area contributed by atoms with E-state index in [1.807, 2.05) is 20.9 Å². The van der Waals surface area contributed by atoms with Crippen molar-refractivity contribution in [1.82, 2.24) is 14.8 Å². The second-order valence-electron chi connectivity index (χ2n) is 3.15. The number of rotatable bonds is 2. The third-order valence-electron chi connectivity index (χ3n) is 2.28. The SMILES string of the molecule is CON(C)C(=O)c1c(C)nn(C)c1C. The molecule has 0 bridgehead atoms. The van der Waals surface area contributed by atoms with E-state index in [0.717, 1.165) is 11.4 Å². The zero-order valence-corrected chi connectivity index (χ0v) is 9.16. The van der Waals surface area contributed by atoms with Gasteiger partial charge in [-0.25, -0.2) is 5.06 Å². The molecule has 0 saturated carbocycles. The van der Waals surface area contributed by atoms with Gasteiger partial charge in [0.2, 0.25) is 0 Å². The van der Waals surface area contributed by atoms with Crippen molar-refractivity contribution in [2.24, 2.45) is 7.05 Å². The molecule has 1 rings (SSSR count). The number of aromatic nitrogens is 2. The Balaban J connectivity index is 3.12. The first-order valence-corrected chi connectivity index (χ1v) is 4.31. The summed E-state index contributed by atoms with van der Waals surface area (Å²) in [6.07, 6.45) is 0. The fourth-order valence-electron chi connectivity index (χ4n) is 1.32. The minimum absolute atomic E-state index is 0.171. The third kappa shape index (κ3) is 1.63. The normalized spacial score (nSPS) is 10.4. The lowest BCUT2D eigenvalue weighted by Crippen LogP contribution is -2.26. The highest BCUT2D eigenvalue weighted by molar-refractivity contribution is 5.95. The van der Waals surface area contributed by atoms with Crippen LogP contribution in [0.15, 0.2) is 0 Å². The Hall–Kier alpha value is -1.36. The molecule has 1 amide bonds. The van der Waals surface area contributed by atoms with Gasteiger partial charge in [0.25, 0.3) is 5.91 Å². The van der Waals surface area contributed by atoms with Crippen molar-refractivity contribution < 1.29 is 9.63 Å². The van der Waals surface area contributed by atoms with Crippen molar-refractivity contribution in [1.29, 1.82) is 0 Å². The van der Waals surface area contributed by atoms with Crippen LogP contribution < -0.4 is 0 Å². The number of hydroxylamine groups is 2. The molecule has 5 heteroatoms. The Kier molecular flexibility index (Phi) is 2.90. The summed E-state index contributed by atoms with van der Waals surface area (Å²) in [6.45, 7) is 3.67. The van der Waals surface area contributed by atoms with Gasteiger partial charge in [0.15, 0.2) is 0 Å². The van der Waals surface area contributed by atoms with Crippen molar-refractivity contribution >= 4 is 5.91 Å². The average molecular weight is 197 g/mol. The Morgan fingerprint density at radius 2 is 2.07 bits per heavy atom. The molecule has 0 fully saturated rings. The van der Waals surface area contributed by atoms with Crippen LogP contribution in [0.2, 0.25) is 0 Å². The predicted octanol–water partition coefficient (Wildman–Crippen LogP) is 0.670. The van der Waals surface area contributed by atoms with Gasteiger partial charge in [-0.1, -0.05) is 0 Å². The molecule has 78 valence electrons. The summed E-state index contributed by atoms with van der Waals surface area (Å²) >= 11 is 0. The van der Waals surface area contributed by atoms with E-state index >= 15 is 0 Å². The zero-order chi connectivity index (χ0) is 10.9. The number of carbonyl (C=O) groups excluding carboxylic acids is 1. The Morgan fingerprint density at radius 1 is 1.50 bits per heavy atom. The van der Waals surface area contributed by atoms with Gasteiger partial charge >= 0.3 is 0 Å². The van der Waals surface area contributed by atoms with Crippen molar-refractivity contribution in [2.45, 2.75) is 13.8 Å². The Bertz CT molecular complexity index is 357. The molecule has 0 N–H and O–H groups in total. The molecule has 0 unspecified atom stereocenters. The number of aryl methyl sites for hydroxylation is 2. The molecule has 0 aromatic carbocycles. The summed E-state index contributed by atoms with van der Waals surface area (Å²) in [5.41, 5.74) is 2.17. The Labute approximate surface area is 83.2 Å². The maximum absolute atomic E-state index is 11.8. The molecule has 0 aliphatic rings.